The van der Waals surface area contributed by atoms with Crippen LogP contribution in [0.2, 0.25) is 5.02 Å². The third-order valence-corrected chi connectivity index (χ3v) is 3.56. The van der Waals surface area contributed by atoms with Crippen LogP contribution >= 0.6 is 11.6 Å². The molecular weight excluding hydrogens is 236 g/mol. The minimum Gasteiger partial charge on any atom is -0.305 e. The maximum atomic E-state index is 11.8. The van der Waals surface area contributed by atoms with Gasteiger partial charge in [-0.2, -0.15) is 0 Å². The minimum absolute atomic E-state index is 0.199. The second-order valence-corrected chi connectivity index (χ2v) is 4.55. The number of imidazole rings is 1. The first-order valence-electron chi connectivity index (χ1n) is 5.60. The molecule has 0 amide bonds. The molecule has 0 saturated heterocycles. The zero-order valence-corrected chi connectivity index (χ0v) is 9.94. The van der Waals surface area contributed by atoms with Crippen LogP contribution in [-0.2, 0) is 6.42 Å². The normalized spacial score (nSPS) is 14.8. The molecular formula is C13H11ClN2O. The fourth-order valence-corrected chi connectivity index (χ4v) is 2.63. The van der Waals surface area contributed by atoms with Gasteiger partial charge in [0.05, 0.1) is 17.0 Å². The monoisotopic (exact) mass is 246 g/mol. The summed E-state index contributed by atoms with van der Waals surface area (Å²) in [4.78, 5) is 15.8. The Kier molecular flexibility index (Phi) is 2.48. The van der Waals surface area contributed by atoms with Gasteiger partial charge >= 0.3 is 0 Å². The number of aromatic nitrogens is 2. The molecule has 3 nitrogen and oxygen atoms in total. The van der Waals surface area contributed by atoms with Crippen LogP contribution in [0.15, 0.2) is 30.9 Å². The van der Waals surface area contributed by atoms with Crippen LogP contribution in [0.4, 0.5) is 0 Å². The number of carbonyl (C=O) groups is 1. The van der Waals surface area contributed by atoms with Gasteiger partial charge in [0.15, 0.2) is 5.78 Å². The highest BCUT2D eigenvalue weighted by molar-refractivity contribution is 6.33. The summed E-state index contributed by atoms with van der Waals surface area (Å²) in [6.45, 7) is 0. The first kappa shape index (κ1) is 10.5. The smallest absolute Gasteiger partial charge is 0.163 e. The molecule has 0 atom stereocenters. The Labute approximate surface area is 104 Å². The van der Waals surface area contributed by atoms with E-state index in [9.17, 15) is 4.79 Å². The molecule has 1 heterocycles. The summed E-state index contributed by atoms with van der Waals surface area (Å²) in [6, 6.07) is 3.75. The Morgan fingerprint density at radius 2 is 2.18 bits per heavy atom. The van der Waals surface area contributed by atoms with Gasteiger partial charge in [0.2, 0.25) is 0 Å². The standard InChI is InChI=1S/C13H11ClN2O/c14-13-10-2-1-3-12(17)9(10)4-5-11(13)16-7-6-15-8-16/h4-8H,1-3H2. The van der Waals surface area contributed by atoms with Crippen molar-refractivity contribution in [1.29, 1.82) is 0 Å². The van der Waals surface area contributed by atoms with Gasteiger partial charge in [0.25, 0.3) is 0 Å². The van der Waals surface area contributed by atoms with Gasteiger partial charge in [-0.1, -0.05) is 11.6 Å². The Bertz CT molecular complexity index is 575. The van der Waals surface area contributed by atoms with Crippen molar-refractivity contribution in [2.24, 2.45) is 0 Å². The minimum atomic E-state index is 0.199. The van der Waals surface area contributed by atoms with E-state index in [-0.39, 0.29) is 5.78 Å². The SMILES string of the molecule is O=C1CCCc2c1ccc(-n1ccnc1)c2Cl. The van der Waals surface area contributed by atoms with E-state index in [1.54, 1.807) is 12.5 Å². The Balaban J connectivity index is 2.18. The molecule has 1 aliphatic rings. The van der Waals surface area contributed by atoms with Crippen LogP contribution in [0.1, 0.15) is 28.8 Å². The van der Waals surface area contributed by atoms with Crippen LogP contribution in [0.3, 0.4) is 0 Å². The molecule has 0 spiro atoms. The van der Waals surface area contributed by atoms with Gasteiger partial charge in [0.1, 0.15) is 0 Å². The summed E-state index contributed by atoms with van der Waals surface area (Å²) < 4.78 is 1.86. The summed E-state index contributed by atoms with van der Waals surface area (Å²) in [5, 5.41) is 0.675. The first-order valence-corrected chi connectivity index (χ1v) is 5.98. The number of hydrogen-bond acceptors (Lipinski definition) is 2. The van der Waals surface area contributed by atoms with E-state index in [1.165, 1.54) is 0 Å². The van der Waals surface area contributed by atoms with Crippen LogP contribution < -0.4 is 0 Å². The van der Waals surface area contributed by atoms with Gasteiger partial charge in [0, 0.05) is 24.4 Å². The molecule has 0 unspecified atom stereocenters. The van der Waals surface area contributed by atoms with E-state index < -0.39 is 0 Å². The Morgan fingerprint density at radius 1 is 1.29 bits per heavy atom. The largest absolute Gasteiger partial charge is 0.305 e. The fraction of sp³-hybridized carbons (Fsp3) is 0.231. The van der Waals surface area contributed by atoms with Crippen molar-refractivity contribution in [1.82, 2.24) is 9.55 Å². The summed E-state index contributed by atoms with van der Waals surface area (Å²) >= 11 is 6.38. The van der Waals surface area contributed by atoms with Crippen LogP contribution in [0, 0.1) is 0 Å². The summed E-state index contributed by atoms with van der Waals surface area (Å²) in [6.07, 6.45) is 7.66. The maximum absolute atomic E-state index is 11.8. The van der Waals surface area contributed by atoms with Gasteiger partial charge < -0.3 is 4.57 Å². The highest BCUT2D eigenvalue weighted by Crippen LogP contribution is 2.32. The quantitative estimate of drug-likeness (QED) is 0.775. The lowest BCUT2D eigenvalue weighted by Gasteiger charge is -2.18. The lowest BCUT2D eigenvalue weighted by Crippen LogP contribution is -2.12. The predicted molar refractivity (Wildman–Crippen MR) is 65.8 cm³/mol. The second-order valence-electron chi connectivity index (χ2n) is 4.17. The first-order chi connectivity index (χ1) is 8.27. The molecule has 0 N–H and O–H groups in total. The average Bonchev–Trinajstić information content (AvgIpc) is 2.84. The molecule has 17 heavy (non-hydrogen) atoms. The van der Waals surface area contributed by atoms with Crippen molar-refractivity contribution in [2.75, 3.05) is 0 Å². The van der Waals surface area contributed by atoms with Crippen LogP contribution in [0.5, 0.6) is 0 Å². The molecule has 86 valence electrons. The zero-order chi connectivity index (χ0) is 11.8. The molecule has 1 aromatic carbocycles. The molecule has 0 aliphatic heterocycles. The molecule has 2 aromatic rings. The highest BCUT2D eigenvalue weighted by Gasteiger charge is 2.21. The average molecular weight is 247 g/mol. The molecule has 3 rings (SSSR count). The number of hydrogen-bond donors (Lipinski definition) is 0. The van der Waals surface area contributed by atoms with E-state index in [1.807, 2.05) is 22.9 Å². The molecule has 1 aromatic heterocycles. The molecule has 0 saturated carbocycles. The maximum Gasteiger partial charge on any atom is 0.163 e. The van der Waals surface area contributed by atoms with E-state index in [4.69, 9.17) is 11.6 Å². The third kappa shape index (κ3) is 1.67. The zero-order valence-electron chi connectivity index (χ0n) is 9.19. The summed E-state index contributed by atoms with van der Waals surface area (Å²) in [7, 11) is 0. The van der Waals surface area contributed by atoms with E-state index in [0.717, 1.165) is 29.7 Å². The molecule has 0 fully saturated rings. The number of benzene rings is 1. The fourth-order valence-electron chi connectivity index (χ4n) is 2.28. The van der Waals surface area contributed by atoms with E-state index in [0.29, 0.717) is 11.4 Å². The van der Waals surface area contributed by atoms with Crippen molar-refractivity contribution in [3.05, 3.63) is 47.0 Å². The predicted octanol–water partition coefficient (Wildman–Crippen LogP) is 3.04. The third-order valence-electron chi connectivity index (χ3n) is 3.14. The number of fused-ring (bicyclic) bond motifs is 1. The Hall–Kier alpha value is -1.61. The molecule has 1 aliphatic carbocycles. The van der Waals surface area contributed by atoms with Gasteiger partial charge in [-0.15, -0.1) is 0 Å². The van der Waals surface area contributed by atoms with Crippen molar-refractivity contribution in [3.8, 4) is 5.69 Å². The summed E-state index contributed by atoms with van der Waals surface area (Å²) in [5.41, 5.74) is 2.65. The van der Waals surface area contributed by atoms with E-state index >= 15 is 0 Å². The number of carbonyl (C=O) groups excluding carboxylic acids is 1. The number of halogens is 1. The number of Topliss-reactive ketones (excluding diaryl/α,β-unsaturated/α-hetero) is 1. The summed E-state index contributed by atoms with van der Waals surface area (Å²) in [5.74, 6) is 0.199. The van der Waals surface area contributed by atoms with Crippen LogP contribution in [0.25, 0.3) is 5.69 Å². The topological polar surface area (TPSA) is 34.9 Å². The van der Waals surface area contributed by atoms with Crippen molar-refractivity contribution in [3.63, 3.8) is 0 Å². The van der Waals surface area contributed by atoms with E-state index in [2.05, 4.69) is 4.98 Å². The van der Waals surface area contributed by atoms with Crippen molar-refractivity contribution >= 4 is 17.4 Å². The lowest BCUT2D eigenvalue weighted by molar-refractivity contribution is 0.0972. The van der Waals surface area contributed by atoms with Crippen molar-refractivity contribution < 1.29 is 4.79 Å². The van der Waals surface area contributed by atoms with Gasteiger partial charge in [-0.3, -0.25) is 4.79 Å². The molecule has 0 bridgehead atoms. The number of rotatable bonds is 1. The van der Waals surface area contributed by atoms with Crippen molar-refractivity contribution in [2.45, 2.75) is 19.3 Å². The second kappa shape index (κ2) is 4.00. The Morgan fingerprint density at radius 3 is 2.94 bits per heavy atom. The molecule has 4 heteroatoms. The highest BCUT2D eigenvalue weighted by atomic mass is 35.5. The number of ketones is 1. The van der Waals surface area contributed by atoms with Gasteiger partial charge in [-0.25, -0.2) is 4.98 Å². The van der Waals surface area contributed by atoms with Gasteiger partial charge in [-0.05, 0) is 30.5 Å². The number of nitrogens with zero attached hydrogens (tertiary/aromatic N) is 2. The van der Waals surface area contributed by atoms with Crippen LogP contribution in [-0.4, -0.2) is 15.3 Å². The molecule has 0 radical (unpaired) electrons. The lowest BCUT2D eigenvalue weighted by atomic mass is 9.90.